The molecule has 0 atom stereocenters. The Hall–Kier alpha value is -1.23. The summed E-state index contributed by atoms with van der Waals surface area (Å²) in [4.78, 5) is 0. The molecule has 0 aliphatic carbocycles. The number of aromatic nitrogens is 3. The molecule has 16 heavy (non-hydrogen) atoms. The highest BCUT2D eigenvalue weighted by Gasteiger charge is 2.21. The van der Waals surface area contributed by atoms with Crippen LogP contribution in [-0.4, -0.2) is 26.1 Å². The van der Waals surface area contributed by atoms with Gasteiger partial charge in [-0.2, -0.15) is 11.8 Å². The first-order valence-corrected chi connectivity index (χ1v) is 6.69. The van der Waals surface area contributed by atoms with E-state index in [-0.39, 0.29) is 0 Å². The Morgan fingerprint density at radius 2 is 2.06 bits per heavy atom. The first kappa shape index (κ1) is 9.96. The Bertz CT molecular complexity index is 502. The minimum absolute atomic E-state index is 0.515. The summed E-state index contributed by atoms with van der Waals surface area (Å²) in [6.07, 6.45) is 2.36. The second-order valence-corrected chi connectivity index (χ2v) is 5.31. The summed E-state index contributed by atoms with van der Waals surface area (Å²) in [5, 5.41) is 8.48. The third-order valence-corrected chi connectivity index (χ3v) is 4.12. The van der Waals surface area contributed by atoms with E-state index in [0.29, 0.717) is 5.92 Å². The molecule has 5 heteroatoms. The van der Waals surface area contributed by atoms with Gasteiger partial charge in [-0.1, -0.05) is 6.07 Å². The molecule has 0 amide bonds. The van der Waals surface area contributed by atoms with Gasteiger partial charge in [0.1, 0.15) is 11.6 Å². The molecule has 1 saturated heterocycles. The highest BCUT2D eigenvalue weighted by molar-refractivity contribution is 7.99. The predicted octanol–water partition coefficient (Wildman–Crippen LogP) is 1.92. The summed E-state index contributed by atoms with van der Waals surface area (Å²) in [5.74, 6) is 4.71. The summed E-state index contributed by atoms with van der Waals surface area (Å²) < 4.78 is 1.99. The average Bonchev–Trinajstić information content (AvgIpc) is 2.75. The van der Waals surface area contributed by atoms with E-state index < -0.39 is 0 Å². The highest BCUT2D eigenvalue weighted by Crippen LogP contribution is 2.31. The van der Waals surface area contributed by atoms with Gasteiger partial charge in [0.15, 0.2) is 5.65 Å². The fourth-order valence-electron chi connectivity index (χ4n) is 2.21. The number of fused-ring (bicyclic) bond motifs is 1. The van der Waals surface area contributed by atoms with Crippen LogP contribution in [0.15, 0.2) is 18.2 Å². The molecule has 2 N–H and O–H groups in total. The van der Waals surface area contributed by atoms with Gasteiger partial charge >= 0.3 is 0 Å². The molecular formula is C11H14N4S. The van der Waals surface area contributed by atoms with Crippen LogP contribution in [0.1, 0.15) is 24.6 Å². The van der Waals surface area contributed by atoms with E-state index in [2.05, 4.69) is 10.2 Å². The van der Waals surface area contributed by atoms with Crippen molar-refractivity contribution in [3.8, 4) is 0 Å². The van der Waals surface area contributed by atoms with Gasteiger partial charge in [-0.15, -0.1) is 10.2 Å². The van der Waals surface area contributed by atoms with Crippen LogP contribution in [-0.2, 0) is 0 Å². The van der Waals surface area contributed by atoms with Crippen molar-refractivity contribution in [1.29, 1.82) is 0 Å². The van der Waals surface area contributed by atoms with Gasteiger partial charge in [0.25, 0.3) is 0 Å². The number of nitrogens with zero attached hydrogens (tertiary/aromatic N) is 3. The van der Waals surface area contributed by atoms with Crippen molar-refractivity contribution < 1.29 is 0 Å². The third kappa shape index (κ3) is 1.55. The molecule has 0 spiro atoms. The predicted molar refractivity (Wildman–Crippen MR) is 66.7 cm³/mol. The van der Waals surface area contributed by atoms with Crippen LogP contribution < -0.4 is 5.73 Å². The van der Waals surface area contributed by atoms with Crippen LogP contribution in [0.5, 0.6) is 0 Å². The van der Waals surface area contributed by atoms with Gasteiger partial charge in [0.2, 0.25) is 0 Å². The van der Waals surface area contributed by atoms with Crippen molar-refractivity contribution in [3.05, 3.63) is 24.0 Å². The smallest absolute Gasteiger partial charge is 0.162 e. The molecule has 0 unspecified atom stereocenters. The van der Waals surface area contributed by atoms with Gasteiger partial charge < -0.3 is 5.73 Å². The van der Waals surface area contributed by atoms with E-state index >= 15 is 0 Å². The first-order chi connectivity index (χ1) is 7.86. The van der Waals surface area contributed by atoms with Gasteiger partial charge in [-0.25, -0.2) is 0 Å². The molecule has 3 rings (SSSR count). The van der Waals surface area contributed by atoms with Crippen LogP contribution >= 0.6 is 11.8 Å². The Labute approximate surface area is 98.2 Å². The summed E-state index contributed by atoms with van der Waals surface area (Å²) >= 11 is 2.02. The lowest BCUT2D eigenvalue weighted by Gasteiger charge is -2.19. The number of pyridine rings is 1. The Morgan fingerprint density at radius 1 is 1.25 bits per heavy atom. The lowest BCUT2D eigenvalue weighted by atomic mass is 10.0. The number of anilines is 1. The number of hydrogen-bond donors (Lipinski definition) is 1. The van der Waals surface area contributed by atoms with Gasteiger partial charge in [-0.3, -0.25) is 4.40 Å². The Morgan fingerprint density at radius 3 is 2.88 bits per heavy atom. The normalized spacial score (nSPS) is 18.0. The molecule has 1 fully saturated rings. The van der Waals surface area contributed by atoms with E-state index in [9.17, 15) is 0 Å². The molecule has 1 aliphatic heterocycles. The van der Waals surface area contributed by atoms with Crippen LogP contribution in [0.2, 0.25) is 0 Å². The fraction of sp³-hybridized carbons (Fsp3) is 0.455. The van der Waals surface area contributed by atoms with Gasteiger partial charge in [-0.05, 0) is 36.5 Å². The van der Waals surface area contributed by atoms with E-state index in [0.717, 1.165) is 17.3 Å². The number of thioether (sulfide) groups is 1. The summed E-state index contributed by atoms with van der Waals surface area (Å²) in [6.45, 7) is 0. The monoisotopic (exact) mass is 234 g/mol. The molecule has 0 aromatic carbocycles. The molecule has 84 valence electrons. The number of nitrogens with two attached hydrogens (primary N) is 1. The number of hydrogen-bond acceptors (Lipinski definition) is 4. The van der Waals surface area contributed by atoms with Crippen LogP contribution in [0, 0.1) is 0 Å². The van der Waals surface area contributed by atoms with Crippen molar-refractivity contribution >= 4 is 23.2 Å². The van der Waals surface area contributed by atoms with Crippen molar-refractivity contribution in [1.82, 2.24) is 14.6 Å². The fourth-order valence-corrected chi connectivity index (χ4v) is 3.32. The third-order valence-electron chi connectivity index (χ3n) is 3.07. The average molecular weight is 234 g/mol. The van der Waals surface area contributed by atoms with E-state index in [1.54, 1.807) is 0 Å². The lowest BCUT2D eigenvalue weighted by Crippen LogP contribution is -2.12. The number of nitrogen functional groups attached to an aromatic ring is 1. The van der Waals surface area contributed by atoms with Crippen molar-refractivity contribution in [2.24, 2.45) is 0 Å². The Kier molecular flexibility index (Phi) is 2.47. The zero-order chi connectivity index (χ0) is 11.0. The quantitative estimate of drug-likeness (QED) is 0.819. The van der Waals surface area contributed by atoms with E-state index in [1.807, 2.05) is 34.4 Å². The molecule has 1 aliphatic rings. The minimum atomic E-state index is 0.515. The first-order valence-electron chi connectivity index (χ1n) is 5.53. The zero-order valence-electron chi connectivity index (χ0n) is 8.97. The number of rotatable bonds is 1. The standard InChI is InChI=1S/C11H14N4S/c12-9-2-1-3-10-13-14-11(15(9)10)8-4-6-16-7-5-8/h1-3,8H,4-7,12H2. The second kappa shape index (κ2) is 3.97. The maximum Gasteiger partial charge on any atom is 0.162 e. The SMILES string of the molecule is Nc1cccc2nnc(C3CCSCC3)n12. The van der Waals surface area contributed by atoms with Crippen LogP contribution in [0.25, 0.3) is 5.65 Å². The molecule has 0 bridgehead atoms. The maximum atomic E-state index is 5.99. The summed E-state index contributed by atoms with van der Waals surface area (Å²) in [6, 6.07) is 5.77. The molecule has 2 aromatic rings. The maximum absolute atomic E-state index is 5.99. The molecule has 3 heterocycles. The second-order valence-electron chi connectivity index (χ2n) is 4.09. The zero-order valence-corrected chi connectivity index (χ0v) is 9.78. The molecule has 4 nitrogen and oxygen atoms in total. The van der Waals surface area contributed by atoms with Gasteiger partial charge in [0.05, 0.1) is 0 Å². The van der Waals surface area contributed by atoms with Crippen LogP contribution in [0.3, 0.4) is 0 Å². The molecular weight excluding hydrogens is 220 g/mol. The summed E-state index contributed by atoms with van der Waals surface area (Å²) in [7, 11) is 0. The highest BCUT2D eigenvalue weighted by atomic mass is 32.2. The van der Waals surface area contributed by atoms with Crippen molar-refractivity contribution in [2.45, 2.75) is 18.8 Å². The van der Waals surface area contributed by atoms with Crippen LogP contribution in [0.4, 0.5) is 5.82 Å². The Balaban J connectivity index is 2.09. The van der Waals surface area contributed by atoms with Crippen molar-refractivity contribution in [2.75, 3.05) is 17.2 Å². The van der Waals surface area contributed by atoms with E-state index in [4.69, 9.17) is 5.73 Å². The van der Waals surface area contributed by atoms with E-state index in [1.165, 1.54) is 24.3 Å². The minimum Gasteiger partial charge on any atom is -0.385 e. The molecule has 2 aromatic heterocycles. The topological polar surface area (TPSA) is 56.2 Å². The van der Waals surface area contributed by atoms with Gasteiger partial charge in [0, 0.05) is 5.92 Å². The largest absolute Gasteiger partial charge is 0.385 e. The lowest BCUT2D eigenvalue weighted by molar-refractivity contribution is 0.593. The molecule has 0 radical (unpaired) electrons. The summed E-state index contributed by atoms with van der Waals surface area (Å²) in [5.41, 5.74) is 6.84. The van der Waals surface area contributed by atoms with Crippen molar-refractivity contribution in [3.63, 3.8) is 0 Å². The molecule has 0 saturated carbocycles.